The zero-order valence-corrected chi connectivity index (χ0v) is 22.0. The predicted molar refractivity (Wildman–Crippen MR) is 153 cm³/mol. The van der Waals surface area contributed by atoms with E-state index in [2.05, 4.69) is 36.4 Å². The van der Waals surface area contributed by atoms with Crippen molar-refractivity contribution >= 4 is 67.9 Å². The smallest absolute Gasteiger partial charge is 0.227 e. The maximum Gasteiger partial charge on any atom is 0.227 e. The summed E-state index contributed by atoms with van der Waals surface area (Å²) in [7, 11) is 0. The highest BCUT2D eigenvalue weighted by molar-refractivity contribution is 6.19. The van der Waals surface area contributed by atoms with E-state index in [0.29, 0.717) is 44.1 Å². The molecule has 6 rings (SSSR count). The summed E-state index contributed by atoms with van der Waals surface area (Å²) in [5, 5.41) is 4.63. The monoisotopic (exact) mass is 530 g/mol. The molecule has 4 aromatic rings. The highest BCUT2D eigenvalue weighted by Gasteiger charge is 2.35. The van der Waals surface area contributed by atoms with Crippen molar-refractivity contribution < 1.29 is 9.59 Å². The summed E-state index contributed by atoms with van der Waals surface area (Å²) in [6, 6.07) is 24.7. The second kappa shape index (κ2) is 10.00. The third kappa shape index (κ3) is 4.17. The molecule has 0 radical (unpaired) electrons. The molecule has 0 saturated heterocycles. The average Bonchev–Trinajstić information content (AvgIpc) is 3.52. The van der Waals surface area contributed by atoms with Crippen LogP contribution in [-0.4, -0.2) is 36.7 Å². The van der Waals surface area contributed by atoms with Crippen LogP contribution >= 0.6 is 23.2 Å². The fourth-order valence-corrected chi connectivity index (χ4v) is 6.61. The number of benzene rings is 4. The Kier molecular flexibility index (Phi) is 6.56. The van der Waals surface area contributed by atoms with Crippen LogP contribution in [0.25, 0.3) is 21.5 Å². The minimum Gasteiger partial charge on any atom is -0.311 e. The molecule has 2 atom stereocenters. The maximum atomic E-state index is 13.3. The van der Waals surface area contributed by atoms with E-state index >= 15 is 0 Å². The van der Waals surface area contributed by atoms with Crippen molar-refractivity contribution in [3.8, 4) is 0 Å². The third-order valence-electron chi connectivity index (χ3n) is 7.86. The second-order valence-corrected chi connectivity index (χ2v) is 10.6. The van der Waals surface area contributed by atoms with Crippen molar-refractivity contribution in [2.24, 2.45) is 0 Å². The van der Waals surface area contributed by atoms with Crippen LogP contribution < -0.4 is 9.80 Å². The summed E-state index contributed by atoms with van der Waals surface area (Å²) < 4.78 is 0. The summed E-state index contributed by atoms with van der Waals surface area (Å²) >= 11 is 12.7. The number of fused-ring (bicyclic) bond motifs is 6. The lowest BCUT2D eigenvalue weighted by Gasteiger charge is -2.20. The Labute approximate surface area is 226 Å². The molecule has 0 aliphatic carbocycles. The molecule has 0 N–H and O–H groups in total. The Morgan fingerprint density at radius 2 is 1.08 bits per heavy atom. The SMILES string of the molecule is O=C(CCCC(=O)N1C[C@@H](CCl)c2c1ccc1ccccc21)N1C[C@@H](CCl)c2c1ccc1ccccc21. The molecule has 4 aromatic carbocycles. The highest BCUT2D eigenvalue weighted by atomic mass is 35.5. The molecule has 0 aromatic heterocycles. The van der Waals surface area contributed by atoms with Crippen LogP contribution in [0.15, 0.2) is 72.8 Å². The van der Waals surface area contributed by atoms with Gasteiger partial charge in [0.15, 0.2) is 0 Å². The number of rotatable bonds is 6. The van der Waals surface area contributed by atoms with Gasteiger partial charge >= 0.3 is 0 Å². The van der Waals surface area contributed by atoms with Gasteiger partial charge in [-0.25, -0.2) is 0 Å². The summed E-state index contributed by atoms with van der Waals surface area (Å²) in [4.78, 5) is 30.3. The summed E-state index contributed by atoms with van der Waals surface area (Å²) in [6.07, 6.45) is 1.16. The van der Waals surface area contributed by atoms with Crippen LogP contribution in [0.3, 0.4) is 0 Å². The molecule has 2 aliphatic rings. The van der Waals surface area contributed by atoms with E-state index in [1.807, 2.05) is 46.2 Å². The van der Waals surface area contributed by atoms with Gasteiger partial charge in [-0.05, 0) is 51.2 Å². The van der Waals surface area contributed by atoms with E-state index in [9.17, 15) is 9.59 Å². The van der Waals surface area contributed by atoms with E-state index in [1.165, 1.54) is 0 Å². The lowest BCUT2D eigenvalue weighted by atomic mass is 9.96. The molecule has 0 fully saturated rings. The Bertz CT molecular complexity index is 1400. The van der Waals surface area contributed by atoms with Crippen molar-refractivity contribution in [1.82, 2.24) is 0 Å². The number of amides is 2. The van der Waals surface area contributed by atoms with Gasteiger partial charge in [0, 0.05) is 60.9 Å². The normalized spacial score (nSPS) is 18.4. The molecular weight excluding hydrogens is 503 g/mol. The molecule has 0 unspecified atom stereocenters. The van der Waals surface area contributed by atoms with Crippen molar-refractivity contribution in [2.45, 2.75) is 31.1 Å². The quantitative estimate of drug-likeness (QED) is 0.247. The number of halogens is 2. The fraction of sp³-hybridized carbons (Fsp3) is 0.290. The van der Waals surface area contributed by atoms with E-state index < -0.39 is 0 Å². The van der Waals surface area contributed by atoms with Crippen molar-refractivity contribution in [2.75, 3.05) is 34.6 Å². The van der Waals surface area contributed by atoms with Gasteiger partial charge in [0.05, 0.1) is 0 Å². The van der Waals surface area contributed by atoms with Crippen LogP contribution in [0.5, 0.6) is 0 Å². The first-order chi connectivity index (χ1) is 18.1. The van der Waals surface area contributed by atoms with Gasteiger partial charge in [-0.1, -0.05) is 60.7 Å². The average molecular weight is 531 g/mol. The number of nitrogens with zero attached hydrogens (tertiary/aromatic N) is 2. The first-order valence-corrected chi connectivity index (χ1v) is 13.9. The zero-order valence-electron chi connectivity index (χ0n) is 20.5. The lowest BCUT2D eigenvalue weighted by molar-refractivity contribution is -0.119. The highest BCUT2D eigenvalue weighted by Crippen LogP contribution is 2.43. The van der Waals surface area contributed by atoms with Crippen LogP contribution in [0.1, 0.15) is 42.2 Å². The Hall–Kier alpha value is -3.08. The molecular formula is C31H28Cl2N2O2. The topological polar surface area (TPSA) is 40.6 Å². The van der Waals surface area contributed by atoms with Gasteiger partial charge in [0.1, 0.15) is 0 Å². The third-order valence-corrected chi connectivity index (χ3v) is 8.60. The molecule has 2 aliphatic heterocycles. The van der Waals surface area contributed by atoms with Crippen molar-refractivity contribution in [3.05, 3.63) is 83.9 Å². The minimum absolute atomic E-state index is 0.0448. The molecule has 0 spiro atoms. The molecule has 6 heteroatoms. The largest absolute Gasteiger partial charge is 0.311 e. The predicted octanol–water partition coefficient (Wildman–Crippen LogP) is 7.20. The van der Waals surface area contributed by atoms with Crippen LogP contribution in [0.4, 0.5) is 11.4 Å². The van der Waals surface area contributed by atoms with Gasteiger partial charge in [-0.2, -0.15) is 0 Å². The molecule has 0 bridgehead atoms. The van der Waals surface area contributed by atoms with Crippen molar-refractivity contribution in [1.29, 1.82) is 0 Å². The summed E-state index contributed by atoms with van der Waals surface area (Å²) in [5.41, 5.74) is 4.22. The molecule has 4 nitrogen and oxygen atoms in total. The van der Waals surface area contributed by atoms with E-state index in [1.54, 1.807) is 0 Å². The van der Waals surface area contributed by atoms with Gasteiger partial charge in [0.25, 0.3) is 0 Å². The van der Waals surface area contributed by atoms with Crippen molar-refractivity contribution in [3.63, 3.8) is 0 Å². The fourth-order valence-electron chi connectivity index (χ4n) is 6.10. The number of hydrogen-bond donors (Lipinski definition) is 0. The summed E-state index contributed by atoms with van der Waals surface area (Å²) in [6.45, 7) is 1.17. The Morgan fingerprint density at radius 1 is 0.649 bits per heavy atom. The summed E-state index contributed by atoms with van der Waals surface area (Å²) in [5.74, 6) is 1.24. The first kappa shape index (κ1) is 24.3. The molecule has 0 saturated carbocycles. The van der Waals surface area contributed by atoms with Gasteiger partial charge in [-0.3, -0.25) is 9.59 Å². The van der Waals surface area contributed by atoms with E-state index in [4.69, 9.17) is 23.2 Å². The van der Waals surface area contributed by atoms with Gasteiger partial charge in [0.2, 0.25) is 11.8 Å². The standard InChI is InChI=1S/C31H28Cl2N2O2/c32-16-22-18-34(26-14-12-20-6-1-3-8-24(20)30(22)26)28(36)10-5-11-29(37)35-19-23(17-33)31-25-9-4-2-7-21(25)13-15-27(31)35/h1-4,6-9,12-15,22-23H,5,10-11,16-19H2/t22-,23-/m1/s1. The second-order valence-electron chi connectivity index (χ2n) is 10.0. The molecule has 37 heavy (non-hydrogen) atoms. The maximum absolute atomic E-state index is 13.3. The van der Waals surface area contributed by atoms with Crippen LogP contribution in [0.2, 0.25) is 0 Å². The number of carbonyl (C=O) groups is 2. The van der Waals surface area contributed by atoms with Crippen LogP contribution in [0, 0.1) is 0 Å². The van der Waals surface area contributed by atoms with Gasteiger partial charge in [-0.15, -0.1) is 23.2 Å². The molecule has 2 heterocycles. The Morgan fingerprint density at radius 3 is 1.51 bits per heavy atom. The van der Waals surface area contributed by atoms with E-state index in [0.717, 1.165) is 44.0 Å². The van der Waals surface area contributed by atoms with E-state index in [-0.39, 0.29) is 23.7 Å². The van der Waals surface area contributed by atoms with Gasteiger partial charge < -0.3 is 9.80 Å². The number of anilines is 2. The molecule has 188 valence electrons. The minimum atomic E-state index is 0.0448. The first-order valence-electron chi connectivity index (χ1n) is 12.9. The Balaban J connectivity index is 1.16. The molecule has 2 amide bonds. The van der Waals surface area contributed by atoms with Crippen LogP contribution in [-0.2, 0) is 9.59 Å². The lowest BCUT2D eigenvalue weighted by Crippen LogP contribution is -2.32. The zero-order chi connectivity index (χ0) is 25.5. The number of carbonyl (C=O) groups excluding carboxylic acids is 2. The number of hydrogen-bond acceptors (Lipinski definition) is 2. The number of alkyl halides is 2.